The van der Waals surface area contributed by atoms with Gasteiger partial charge in [0.05, 0.1) is 6.61 Å². The molecule has 1 aromatic carbocycles. The van der Waals surface area contributed by atoms with Crippen molar-refractivity contribution >= 4 is 5.97 Å². The normalized spacial score (nSPS) is 13.5. The number of hydrogen-bond donors (Lipinski definition) is 2. The molecule has 0 aliphatic heterocycles. The van der Waals surface area contributed by atoms with Gasteiger partial charge in [-0.05, 0) is 24.6 Å². The summed E-state index contributed by atoms with van der Waals surface area (Å²) in [6.07, 6.45) is 2.28. The fourth-order valence-electron chi connectivity index (χ4n) is 1.32. The largest absolute Gasteiger partial charge is 0.464 e. The molecule has 1 rings (SSSR count). The van der Waals surface area contributed by atoms with Crippen LogP contribution in [0.15, 0.2) is 24.3 Å². The van der Waals surface area contributed by atoms with Gasteiger partial charge in [0.1, 0.15) is 6.10 Å². The number of terminal acetylenes is 1. The van der Waals surface area contributed by atoms with Crippen LogP contribution in [0.25, 0.3) is 0 Å². The first kappa shape index (κ1) is 13.2. The van der Waals surface area contributed by atoms with Crippen LogP contribution < -0.4 is 0 Å². The minimum absolute atomic E-state index is 0.151. The van der Waals surface area contributed by atoms with Crippen molar-refractivity contribution in [2.75, 3.05) is 6.61 Å². The molecule has 2 atom stereocenters. The third-order valence-corrected chi connectivity index (χ3v) is 2.25. The molecule has 0 radical (unpaired) electrons. The molecular formula is C13H14O4. The van der Waals surface area contributed by atoms with Crippen LogP contribution in [-0.2, 0) is 9.53 Å². The molecule has 0 saturated heterocycles. The summed E-state index contributed by atoms with van der Waals surface area (Å²) in [5.41, 5.74) is 1.07. The minimum atomic E-state index is -1.59. The number of carbonyl (C=O) groups excluding carboxylic acids is 1. The number of aliphatic hydroxyl groups is 2. The summed E-state index contributed by atoms with van der Waals surface area (Å²) in [6.45, 7) is 1.78. The van der Waals surface area contributed by atoms with Crippen LogP contribution in [-0.4, -0.2) is 28.9 Å². The predicted octanol–water partition coefficient (Wildman–Crippen LogP) is 0.625. The van der Waals surface area contributed by atoms with E-state index in [2.05, 4.69) is 10.7 Å². The van der Waals surface area contributed by atoms with Gasteiger partial charge < -0.3 is 14.9 Å². The number of aliphatic hydroxyl groups excluding tert-OH is 2. The highest BCUT2D eigenvalue weighted by molar-refractivity contribution is 5.75. The molecule has 4 heteroatoms. The Bertz CT molecular complexity index is 416. The van der Waals surface area contributed by atoms with Crippen molar-refractivity contribution in [1.29, 1.82) is 0 Å². The summed E-state index contributed by atoms with van der Waals surface area (Å²) >= 11 is 0. The van der Waals surface area contributed by atoms with Crippen LogP contribution in [0.5, 0.6) is 0 Å². The zero-order valence-electron chi connectivity index (χ0n) is 9.46. The number of hydrogen-bond acceptors (Lipinski definition) is 4. The monoisotopic (exact) mass is 234 g/mol. The van der Waals surface area contributed by atoms with Crippen molar-refractivity contribution < 1.29 is 19.7 Å². The molecule has 0 spiro atoms. The highest BCUT2D eigenvalue weighted by atomic mass is 16.5. The number of benzene rings is 1. The Kier molecular flexibility index (Phi) is 4.70. The lowest BCUT2D eigenvalue weighted by Crippen LogP contribution is -2.29. The molecule has 0 aliphatic rings. The van der Waals surface area contributed by atoms with E-state index in [4.69, 9.17) is 6.42 Å². The molecule has 0 fully saturated rings. The first-order chi connectivity index (χ1) is 8.10. The third kappa shape index (κ3) is 3.31. The highest BCUT2D eigenvalue weighted by Gasteiger charge is 2.26. The average molecular weight is 234 g/mol. The summed E-state index contributed by atoms with van der Waals surface area (Å²) in [4.78, 5) is 11.2. The Morgan fingerprint density at radius 1 is 1.41 bits per heavy atom. The SMILES string of the molecule is C#Cc1ccc(C(O)C(O)C(=O)OCC)cc1. The summed E-state index contributed by atoms with van der Waals surface area (Å²) in [6, 6.07) is 6.36. The molecule has 0 aliphatic carbocycles. The zero-order chi connectivity index (χ0) is 12.8. The van der Waals surface area contributed by atoms with Crippen LogP contribution >= 0.6 is 0 Å². The van der Waals surface area contributed by atoms with Gasteiger partial charge in [-0.1, -0.05) is 18.1 Å². The van der Waals surface area contributed by atoms with Crippen molar-refractivity contribution in [3.8, 4) is 12.3 Å². The maximum atomic E-state index is 11.2. The standard InChI is InChI=1S/C13H14O4/c1-3-9-5-7-10(8-6-9)11(14)12(15)13(16)17-4-2/h1,5-8,11-12,14-15H,4H2,2H3. The van der Waals surface area contributed by atoms with E-state index in [0.29, 0.717) is 11.1 Å². The highest BCUT2D eigenvalue weighted by Crippen LogP contribution is 2.18. The molecule has 0 amide bonds. The minimum Gasteiger partial charge on any atom is -0.464 e. The molecular weight excluding hydrogens is 220 g/mol. The molecule has 0 heterocycles. The fraction of sp³-hybridized carbons (Fsp3) is 0.308. The smallest absolute Gasteiger partial charge is 0.338 e. The topological polar surface area (TPSA) is 66.8 Å². The molecule has 0 bridgehead atoms. The molecule has 4 nitrogen and oxygen atoms in total. The lowest BCUT2D eigenvalue weighted by Gasteiger charge is -2.16. The Labute approximate surface area is 99.8 Å². The second-order valence-corrected chi connectivity index (χ2v) is 3.41. The van der Waals surface area contributed by atoms with Gasteiger partial charge in [0.15, 0.2) is 6.10 Å². The van der Waals surface area contributed by atoms with Gasteiger partial charge in [-0.2, -0.15) is 0 Å². The Hall–Kier alpha value is -1.83. The second-order valence-electron chi connectivity index (χ2n) is 3.41. The van der Waals surface area contributed by atoms with E-state index < -0.39 is 18.2 Å². The van der Waals surface area contributed by atoms with Crippen molar-refractivity contribution in [3.05, 3.63) is 35.4 Å². The molecule has 1 aromatic rings. The number of carbonyl (C=O) groups is 1. The molecule has 17 heavy (non-hydrogen) atoms. The van der Waals surface area contributed by atoms with Gasteiger partial charge in [0.25, 0.3) is 0 Å². The van der Waals surface area contributed by atoms with E-state index in [-0.39, 0.29) is 6.61 Å². The summed E-state index contributed by atoms with van der Waals surface area (Å²) in [5, 5.41) is 19.3. The lowest BCUT2D eigenvalue weighted by atomic mass is 10.0. The molecule has 0 saturated carbocycles. The van der Waals surface area contributed by atoms with E-state index in [1.54, 1.807) is 31.2 Å². The van der Waals surface area contributed by atoms with Crippen molar-refractivity contribution in [2.24, 2.45) is 0 Å². The van der Waals surface area contributed by atoms with Crippen LogP contribution in [0.4, 0.5) is 0 Å². The van der Waals surface area contributed by atoms with Gasteiger partial charge in [0.2, 0.25) is 0 Å². The van der Waals surface area contributed by atoms with E-state index >= 15 is 0 Å². The van der Waals surface area contributed by atoms with Crippen LogP contribution in [0.1, 0.15) is 24.2 Å². The molecule has 0 aromatic heterocycles. The fourth-order valence-corrected chi connectivity index (χ4v) is 1.32. The Morgan fingerprint density at radius 3 is 2.47 bits per heavy atom. The Morgan fingerprint density at radius 2 is 2.00 bits per heavy atom. The quantitative estimate of drug-likeness (QED) is 0.592. The van der Waals surface area contributed by atoms with Gasteiger partial charge >= 0.3 is 5.97 Å². The maximum absolute atomic E-state index is 11.2. The van der Waals surface area contributed by atoms with Crippen LogP contribution in [0, 0.1) is 12.3 Å². The molecule has 2 N–H and O–H groups in total. The van der Waals surface area contributed by atoms with Gasteiger partial charge in [-0.25, -0.2) is 4.79 Å². The summed E-state index contributed by atoms with van der Waals surface area (Å²) < 4.78 is 4.61. The number of rotatable bonds is 4. The van der Waals surface area contributed by atoms with E-state index in [9.17, 15) is 15.0 Å². The number of esters is 1. The van der Waals surface area contributed by atoms with Crippen molar-refractivity contribution in [3.63, 3.8) is 0 Å². The van der Waals surface area contributed by atoms with Crippen molar-refractivity contribution in [2.45, 2.75) is 19.1 Å². The lowest BCUT2D eigenvalue weighted by molar-refractivity contribution is -0.159. The zero-order valence-corrected chi connectivity index (χ0v) is 9.46. The summed E-state index contributed by atoms with van der Waals surface area (Å²) in [5.74, 6) is 1.58. The molecule has 2 unspecified atom stereocenters. The van der Waals surface area contributed by atoms with E-state index in [1.807, 2.05) is 0 Å². The first-order valence-electron chi connectivity index (χ1n) is 5.19. The average Bonchev–Trinajstić information content (AvgIpc) is 2.37. The Balaban J connectivity index is 2.78. The molecule has 90 valence electrons. The van der Waals surface area contributed by atoms with Gasteiger partial charge in [-0.3, -0.25) is 0 Å². The maximum Gasteiger partial charge on any atom is 0.338 e. The van der Waals surface area contributed by atoms with E-state index in [1.165, 1.54) is 0 Å². The predicted molar refractivity (Wildman–Crippen MR) is 62.0 cm³/mol. The van der Waals surface area contributed by atoms with Crippen LogP contribution in [0.3, 0.4) is 0 Å². The first-order valence-corrected chi connectivity index (χ1v) is 5.19. The second kappa shape index (κ2) is 6.04. The third-order valence-electron chi connectivity index (χ3n) is 2.25. The van der Waals surface area contributed by atoms with E-state index in [0.717, 1.165) is 0 Å². The van der Waals surface area contributed by atoms with Crippen molar-refractivity contribution in [1.82, 2.24) is 0 Å². The van der Waals surface area contributed by atoms with Crippen LogP contribution in [0.2, 0.25) is 0 Å². The van der Waals surface area contributed by atoms with Gasteiger partial charge in [-0.15, -0.1) is 6.42 Å². The van der Waals surface area contributed by atoms with Gasteiger partial charge in [0, 0.05) is 5.56 Å². The summed E-state index contributed by atoms with van der Waals surface area (Å²) in [7, 11) is 0. The number of ether oxygens (including phenoxy) is 1.